The van der Waals surface area contributed by atoms with Gasteiger partial charge in [0.15, 0.2) is 0 Å². The Morgan fingerprint density at radius 1 is 1.23 bits per heavy atom. The molecule has 26 heavy (non-hydrogen) atoms. The summed E-state index contributed by atoms with van der Waals surface area (Å²) in [4.78, 5) is 20.1. The number of hydrogen-bond acceptors (Lipinski definition) is 3. The minimum atomic E-state index is -0.324. The molecule has 1 atom stereocenters. The molecule has 1 heterocycles. The van der Waals surface area contributed by atoms with E-state index in [1.807, 2.05) is 24.3 Å². The van der Waals surface area contributed by atoms with Crippen molar-refractivity contribution in [3.8, 4) is 0 Å². The van der Waals surface area contributed by atoms with E-state index in [9.17, 15) is 14.3 Å². The number of para-hydroxylation sites is 2. The van der Waals surface area contributed by atoms with Gasteiger partial charge in [-0.2, -0.15) is 0 Å². The fraction of sp³-hybridized carbons (Fsp3) is 0.300. The molecule has 0 aliphatic heterocycles. The molecular formula is C20H20FN3O2. The molecule has 6 heteroatoms. The van der Waals surface area contributed by atoms with Gasteiger partial charge < -0.3 is 15.4 Å². The Labute approximate surface area is 150 Å². The largest absolute Gasteiger partial charge is 0.393 e. The van der Waals surface area contributed by atoms with Crippen LogP contribution >= 0.6 is 0 Å². The summed E-state index contributed by atoms with van der Waals surface area (Å²) in [6.45, 7) is 0. The van der Waals surface area contributed by atoms with E-state index in [0.717, 1.165) is 16.6 Å². The average molecular weight is 353 g/mol. The number of H-pyrrole nitrogens is 1. The van der Waals surface area contributed by atoms with E-state index in [1.165, 1.54) is 12.1 Å². The number of aromatic nitrogens is 2. The first-order valence-electron chi connectivity index (χ1n) is 8.75. The third kappa shape index (κ3) is 3.46. The minimum absolute atomic E-state index is 0.141. The molecule has 1 aliphatic rings. The number of imidazole rings is 1. The molecule has 0 radical (unpaired) electrons. The van der Waals surface area contributed by atoms with Gasteiger partial charge in [-0.25, -0.2) is 9.37 Å². The molecular weight excluding hydrogens is 333 g/mol. The monoisotopic (exact) mass is 353 g/mol. The van der Waals surface area contributed by atoms with Crippen LogP contribution in [0, 0.1) is 11.7 Å². The van der Waals surface area contributed by atoms with Crippen LogP contribution in [0.1, 0.15) is 30.3 Å². The average Bonchev–Trinajstić information content (AvgIpc) is 3.00. The predicted molar refractivity (Wildman–Crippen MR) is 95.8 cm³/mol. The Balaban J connectivity index is 1.49. The highest BCUT2D eigenvalue weighted by atomic mass is 19.1. The first-order chi connectivity index (χ1) is 12.6. The normalized spacial score (nSPS) is 20.5. The SMILES string of the molecule is O=C(Cc1nc2ccccc2[nH]1)N[C@@H](c1ccc(F)cc1)C1CC(O)C1. The molecule has 1 aromatic heterocycles. The zero-order valence-corrected chi connectivity index (χ0v) is 14.2. The van der Waals surface area contributed by atoms with Gasteiger partial charge in [0.05, 0.1) is 29.6 Å². The summed E-state index contributed by atoms with van der Waals surface area (Å²) in [5.74, 6) is 0.291. The topological polar surface area (TPSA) is 78.0 Å². The number of carbonyl (C=O) groups is 1. The fourth-order valence-corrected chi connectivity index (χ4v) is 3.51. The van der Waals surface area contributed by atoms with E-state index in [1.54, 1.807) is 12.1 Å². The van der Waals surface area contributed by atoms with Crippen LogP contribution in [0.15, 0.2) is 48.5 Å². The van der Waals surface area contributed by atoms with Gasteiger partial charge in [-0.05, 0) is 48.6 Å². The number of aliphatic hydroxyl groups excluding tert-OH is 1. The third-order valence-corrected chi connectivity index (χ3v) is 4.93. The number of nitrogens with zero attached hydrogens (tertiary/aromatic N) is 1. The molecule has 0 spiro atoms. The number of benzene rings is 2. The number of carbonyl (C=O) groups excluding carboxylic acids is 1. The summed E-state index contributed by atoms with van der Waals surface area (Å²) in [5, 5.41) is 12.7. The zero-order valence-electron chi connectivity index (χ0n) is 14.2. The van der Waals surface area contributed by atoms with Crippen molar-refractivity contribution in [1.82, 2.24) is 15.3 Å². The number of rotatable bonds is 5. The number of fused-ring (bicyclic) bond motifs is 1. The van der Waals surface area contributed by atoms with Crippen molar-refractivity contribution in [1.29, 1.82) is 0 Å². The minimum Gasteiger partial charge on any atom is -0.393 e. The molecule has 4 rings (SSSR count). The van der Waals surface area contributed by atoms with E-state index in [2.05, 4.69) is 15.3 Å². The van der Waals surface area contributed by atoms with Gasteiger partial charge in [-0.15, -0.1) is 0 Å². The molecule has 0 bridgehead atoms. The fourth-order valence-electron chi connectivity index (χ4n) is 3.51. The predicted octanol–water partition coefficient (Wildman–Crippen LogP) is 2.87. The van der Waals surface area contributed by atoms with E-state index in [-0.39, 0.29) is 36.2 Å². The summed E-state index contributed by atoms with van der Waals surface area (Å²) < 4.78 is 13.2. The molecule has 5 nitrogen and oxygen atoms in total. The number of hydrogen-bond donors (Lipinski definition) is 3. The molecule has 134 valence electrons. The van der Waals surface area contributed by atoms with Crippen LogP contribution in [-0.2, 0) is 11.2 Å². The summed E-state index contributed by atoms with van der Waals surface area (Å²) >= 11 is 0. The summed E-state index contributed by atoms with van der Waals surface area (Å²) in [5.41, 5.74) is 2.57. The van der Waals surface area contributed by atoms with Gasteiger partial charge in [0.1, 0.15) is 11.6 Å². The number of nitrogens with one attached hydrogen (secondary N) is 2. The molecule has 1 amide bonds. The van der Waals surface area contributed by atoms with Crippen molar-refractivity contribution < 1.29 is 14.3 Å². The second-order valence-electron chi connectivity index (χ2n) is 6.86. The van der Waals surface area contributed by atoms with Crippen LogP contribution in [0.2, 0.25) is 0 Å². The number of halogens is 1. The lowest BCUT2D eigenvalue weighted by atomic mass is 9.75. The van der Waals surface area contributed by atoms with Crippen molar-refractivity contribution in [2.45, 2.75) is 31.4 Å². The van der Waals surface area contributed by atoms with E-state index in [4.69, 9.17) is 0 Å². The first-order valence-corrected chi connectivity index (χ1v) is 8.75. The van der Waals surface area contributed by atoms with Crippen molar-refractivity contribution in [3.63, 3.8) is 0 Å². The standard InChI is InChI=1S/C20H20FN3O2/c21-14-7-5-12(6-8-14)20(13-9-15(25)10-13)24-19(26)11-18-22-16-3-1-2-4-17(16)23-18/h1-8,13,15,20,25H,9-11H2,(H,22,23)(H,24,26)/t13?,15?,20-/m0/s1. The summed E-state index contributed by atoms with van der Waals surface area (Å²) in [7, 11) is 0. The smallest absolute Gasteiger partial charge is 0.228 e. The summed E-state index contributed by atoms with van der Waals surface area (Å²) in [6, 6.07) is 13.5. The lowest BCUT2D eigenvalue weighted by Gasteiger charge is -2.38. The van der Waals surface area contributed by atoms with E-state index >= 15 is 0 Å². The second kappa shape index (κ2) is 6.88. The Bertz CT molecular complexity index is 883. The van der Waals surface area contributed by atoms with Crippen LogP contribution in [0.25, 0.3) is 11.0 Å². The molecule has 1 saturated carbocycles. The maximum atomic E-state index is 13.2. The van der Waals surface area contributed by atoms with Crippen LogP contribution in [0.3, 0.4) is 0 Å². The highest BCUT2D eigenvalue weighted by molar-refractivity contribution is 5.80. The highest BCUT2D eigenvalue weighted by Gasteiger charge is 2.35. The van der Waals surface area contributed by atoms with Crippen LogP contribution in [-0.4, -0.2) is 27.1 Å². The molecule has 1 aliphatic carbocycles. The summed E-state index contributed by atoms with van der Waals surface area (Å²) in [6.07, 6.45) is 1.08. The molecule has 2 aromatic carbocycles. The number of aliphatic hydroxyl groups is 1. The Hall–Kier alpha value is -2.73. The quantitative estimate of drug-likeness (QED) is 0.660. The number of aromatic amines is 1. The van der Waals surface area contributed by atoms with Gasteiger partial charge in [0.2, 0.25) is 5.91 Å². The van der Waals surface area contributed by atoms with Gasteiger partial charge in [-0.3, -0.25) is 4.79 Å². The number of amides is 1. The maximum absolute atomic E-state index is 13.2. The van der Waals surface area contributed by atoms with Crippen LogP contribution in [0.5, 0.6) is 0 Å². The molecule has 0 unspecified atom stereocenters. The molecule has 3 N–H and O–H groups in total. The van der Waals surface area contributed by atoms with Crippen molar-refractivity contribution in [2.24, 2.45) is 5.92 Å². The molecule has 0 saturated heterocycles. The van der Waals surface area contributed by atoms with E-state index in [0.29, 0.717) is 18.7 Å². The zero-order chi connectivity index (χ0) is 18.1. The van der Waals surface area contributed by atoms with E-state index < -0.39 is 0 Å². The van der Waals surface area contributed by atoms with Crippen LogP contribution < -0.4 is 5.32 Å². The highest BCUT2D eigenvalue weighted by Crippen LogP contribution is 2.38. The van der Waals surface area contributed by atoms with Crippen molar-refractivity contribution in [2.75, 3.05) is 0 Å². The van der Waals surface area contributed by atoms with Crippen molar-refractivity contribution in [3.05, 3.63) is 65.7 Å². The second-order valence-corrected chi connectivity index (χ2v) is 6.86. The lowest BCUT2D eigenvalue weighted by Crippen LogP contribution is -2.42. The van der Waals surface area contributed by atoms with Gasteiger partial charge in [-0.1, -0.05) is 24.3 Å². The lowest BCUT2D eigenvalue weighted by molar-refractivity contribution is -0.122. The molecule has 1 fully saturated rings. The first kappa shape index (κ1) is 16.7. The Kier molecular flexibility index (Phi) is 4.42. The maximum Gasteiger partial charge on any atom is 0.228 e. The Morgan fingerprint density at radius 2 is 1.96 bits per heavy atom. The van der Waals surface area contributed by atoms with Crippen molar-refractivity contribution >= 4 is 16.9 Å². The Morgan fingerprint density at radius 3 is 2.65 bits per heavy atom. The van der Waals surface area contributed by atoms with Crippen LogP contribution in [0.4, 0.5) is 4.39 Å². The third-order valence-electron chi connectivity index (χ3n) is 4.93. The van der Waals surface area contributed by atoms with Gasteiger partial charge >= 0.3 is 0 Å². The van der Waals surface area contributed by atoms with Gasteiger partial charge in [0, 0.05) is 0 Å². The molecule has 3 aromatic rings. The van der Waals surface area contributed by atoms with Gasteiger partial charge in [0.25, 0.3) is 0 Å².